The van der Waals surface area contributed by atoms with E-state index in [0.29, 0.717) is 30.7 Å². The van der Waals surface area contributed by atoms with Crippen LogP contribution in [-0.4, -0.2) is 94.6 Å². The van der Waals surface area contributed by atoms with Gasteiger partial charge in [-0.25, -0.2) is 22.0 Å². The largest absolute Gasteiger partial charge is 0.450 e. The fourth-order valence-electron chi connectivity index (χ4n) is 7.49. The molecule has 3 heterocycles. The molecule has 3 fully saturated rings. The van der Waals surface area contributed by atoms with Crippen molar-refractivity contribution in [2.75, 3.05) is 13.2 Å². The zero-order valence-electron chi connectivity index (χ0n) is 32.0. The van der Waals surface area contributed by atoms with E-state index in [1.54, 1.807) is 20.8 Å². The lowest BCUT2D eigenvalue weighted by Crippen LogP contribution is -2.60. The van der Waals surface area contributed by atoms with Crippen LogP contribution in [0.2, 0.25) is 0 Å². The number of ether oxygens (including phenoxy) is 1. The Morgan fingerprint density at radius 2 is 1.70 bits per heavy atom. The Morgan fingerprint density at radius 1 is 1.00 bits per heavy atom. The van der Waals surface area contributed by atoms with Gasteiger partial charge < -0.3 is 20.3 Å². The number of cyclic esters (lactones) is 1. The molecule has 3 aromatic rings. The number of halogens is 2. The molecule has 57 heavy (non-hydrogen) atoms. The van der Waals surface area contributed by atoms with Crippen molar-refractivity contribution in [1.82, 2.24) is 35.2 Å². The fourth-order valence-corrected chi connectivity index (χ4v) is 8.86. The Morgan fingerprint density at radius 3 is 2.37 bits per heavy atom. The van der Waals surface area contributed by atoms with Gasteiger partial charge in [0.2, 0.25) is 28.3 Å². The molecule has 1 saturated heterocycles. The molecule has 7 rings (SSSR count). The summed E-state index contributed by atoms with van der Waals surface area (Å²) < 4.78 is 61.2. The second-order valence-corrected chi connectivity index (χ2v) is 18.3. The summed E-state index contributed by atoms with van der Waals surface area (Å²) in [5.41, 5.74) is 0.478. The van der Waals surface area contributed by atoms with Crippen LogP contribution in [0.5, 0.6) is 0 Å². The van der Waals surface area contributed by atoms with Gasteiger partial charge >= 0.3 is 6.09 Å². The van der Waals surface area contributed by atoms with Gasteiger partial charge in [-0.3, -0.25) is 19.1 Å². The van der Waals surface area contributed by atoms with Crippen LogP contribution in [0.25, 0.3) is 28.6 Å². The van der Waals surface area contributed by atoms with E-state index in [4.69, 9.17) is 14.9 Å². The van der Waals surface area contributed by atoms with E-state index < -0.39 is 86.9 Å². The number of fused-ring (bicyclic) bond motifs is 8. The Balaban J connectivity index is 1.28. The molecule has 2 saturated carbocycles. The molecule has 1 aromatic heterocycles. The predicted molar refractivity (Wildman–Crippen MR) is 206 cm³/mol. The van der Waals surface area contributed by atoms with Crippen molar-refractivity contribution < 1.29 is 41.1 Å². The van der Waals surface area contributed by atoms with Gasteiger partial charge in [0.25, 0.3) is 5.91 Å². The van der Waals surface area contributed by atoms with Gasteiger partial charge in [0.05, 0.1) is 23.8 Å². The molecule has 5 atom stereocenters. The highest BCUT2D eigenvalue weighted by atomic mass is 32.2. The molecule has 2 aliphatic carbocycles. The number of aromatic nitrogens is 3. The van der Waals surface area contributed by atoms with Gasteiger partial charge in [-0.1, -0.05) is 81.5 Å². The molecule has 2 aliphatic heterocycles. The van der Waals surface area contributed by atoms with E-state index in [9.17, 15) is 36.4 Å². The summed E-state index contributed by atoms with van der Waals surface area (Å²) in [6.07, 6.45) is 2.30. The number of amides is 4. The standard InChI is InChI=1S/C40H47F2N7O7S/c1-39(2,3)33-36(51)48-23-27(21-30(48)35(50)44-40(22-29(40)34(41)42)37(52)47-57(54,55)28-17-18-28)49-45-31(25-14-8-6-9-15-25)32(46-49)26-16-11-13-24(20-26)12-7-4-5-10-19-56-38(53)43-33/h6-9,11-16,20,27-30,33-34H,4-5,10,17-19,21-23H2,1-3H3,(H,43,53)(H,44,50)(H,47,52)/b12-7+/t27?,29-,30-,33+,40-/m0/s1. The lowest BCUT2D eigenvalue weighted by molar-refractivity contribution is -0.143. The Hall–Kier alpha value is -5.19. The highest BCUT2D eigenvalue weighted by Crippen LogP contribution is 2.49. The molecule has 4 amide bonds. The highest BCUT2D eigenvalue weighted by Gasteiger charge is 2.67. The van der Waals surface area contributed by atoms with Gasteiger partial charge in [-0.05, 0) is 55.6 Å². The van der Waals surface area contributed by atoms with Crippen molar-refractivity contribution in [1.29, 1.82) is 0 Å². The lowest BCUT2D eigenvalue weighted by atomic mass is 9.85. The van der Waals surface area contributed by atoms with Crippen LogP contribution in [0.3, 0.4) is 0 Å². The first-order valence-electron chi connectivity index (χ1n) is 19.3. The highest BCUT2D eigenvalue weighted by molar-refractivity contribution is 7.91. The number of nitrogens with one attached hydrogen (secondary N) is 3. The number of carbonyl (C=O) groups excluding carboxylic acids is 4. The third-order valence-corrected chi connectivity index (χ3v) is 12.8. The molecule has 304 valence electrons. The normalized spacial score (nSPS) is 26.2. The average molecular weight is 808 g/mol. The van der Waals surface area contributed by atoms with Crippen LogP contribution in [0.1, 0.15) is 77.3 Å². The summed E-state index contributed by atoms with van der Waals surface area (Å²) in [6, 6.07) is 13.9. The number of alkyl halides is 2. The van der Waals surface area contributed by atoms with E-state index in [2.05, 4.69) is 10.6 Å². The number of sulfonamides is 1. The molecule has 1 unspecified atom stereocenters. The number of rotatable bonds is 7. The first-order valence-corrected chi connectivity index (χ1v) is 20.8. The lowest BCUT2D eigenvalue weighted by Gasteiger charge is -2.35. The second-order valence-electron chi connectivity index (χ2n) is 16.4. The third kappa shape index (κ3) is 8.58. The zero-order chi connectivity index (χ0) is 40.7. The topological polar surface area (TPSA) is 182 Å². The number of alkyl carbamates (subject to hydrolysis) is 1. The monoisotopic (exact) mass is 807 g/mol. The minimum Gasteiger partial charge on any atom is -0.450 e. The molecular formula is C40H47F2N7O7S. The van der Waals surface area contributed by atoms with Crippen LogP contribution in [0, 0.1) is 11.3 Å². The van der Waals surface area contributed by atoms with Crippen LogP contribution in [0.4, 0.5) is 13.6 Å². The van der Waals surface area contributed by atoms with E-state index in [1.165, 1.54) is 9.70 Å². The van der Waals surface area contributed by atoms with Gasteiger partial charge in [0.1, 0.15) is 29.0 Å². The van der Waals surface area contributed by atoms with Crippen LogP contribution < -0.4 is 15.4 Å². The van der Waals surface area contributed by atoms with Crippen molar-refractivity contribution in [3.05, 3.63) is 66.2 Å². The smallest absolute Gasteiger partial charge is 0.407 e. The van der Waals surface area contributed by atoms with E-state index >= 15 is 0 Å². The molecule has 4 aliphatic rings. The maximum atomic E-state index is 14.7. The third-order valence-electron chi connectivity index (χ3n) is 11.0. The van der Waals surface area contributed by atoms with Crippen molar-refractivity contribution in [2.24, 2.45) is 11.3 Å². The number of allylic oxidation sites excluding steroid dienone is 1. The summed E-state index contributed by atoms with van der Waals surface area (Å²) >= 11 is 0. The van der Waals surface area contributed by atoms with Crippen LogP contribution >= 0.6 is 0 Å². The molecule has 2 aromatic carbocycles. The summed E-state index contributed by atoms with van der Waals surface area (Å²) in [6.45, 7) is 5.20. The van der Waals surface area contributed by atoms with Crippen molar-refractivity contribution in [3.63, 3.8) is 0 Å². The Labute approximate surface area is 329 Å². The Bertz CT molecular complexity index is 2170. The van der Waals surface area contributed by atoms with Crippen molar-refractivity contribution in [2.45, 2.75) is 101 Å². The molecule has 0 spiro atoms. The van der Waals surface area contributed by atoms with E-state index in [-0.39, 0.29) is 19.6 Å². The number of nitrogens with zero attached hydrogens (tertiary/aromatic N) is 4. The maximum Gasteiger partial charge on any atom is 0.407 e. The molecular weight excluding hydrogens is 761 g/mol. The molecule has 6 bridgehead atoms. The quantitative estimate of drug-likeness (QED) is 0.301. The number of hydrogen-bond donors (Lipinski definition) is 3. The second kappa shape index (κ2) is 15.6. The molecule has 3 N–H and O–H groups in total. The van der Waals surface area contributed by atoms with Gasteiger partial charge in [-0.2, -0.15) is 15.0 Å². The summed E-state index contributed by atoms with van der Waals surface area (Å²) in [5, 5.41) is 14.2. The fraction of sp³-hybridized carbons (Fsp3) is 0.500. The number of carbonyl (C=O) groups is 4. The zero-order valence-corrected chi connectivity index (χ0v) is 32.8. The minimum atomic E-state index is -4.13. The van der Waals surface area contributed by atoms with E-state index in [0.717, 1.165) is 29.5 Å². The van der Waals surface area contributed by atoms with Crippen molar-refractivity contribution in [3.8, 4) is 22.5 Å². The van der Waals surface area contributed by atoms with Crippen molar-refractivity contribution >= 4 is 39.9 Å². The van der Waals surface area contributed by atoms with Crippen LogP contribution in [-0.2, 0) is 29.1 Å². The van der Waals surface area contributed by atoms with Gasteiger partial charge in [0, 0.05) is 24.1 Å². The number of benzene rings is 2. The summed E-state index contributed by atoms with van der Waals surface area (Å²) in [4.78, 5) is 58.3. The van der Waals surface area contributed by atoms with Gasteiger partial charge in [0.15, 0.2) is 0 Å². The van der Waals surface area contributed by atoms with Gasteiger partial charge in [-0.15, -0.1) is 0 Å². The summed E-state index contributed by atoms with van der Waals surface area (Å²) in [7, 11) is -4.13. The maximum absolute atomic E-state index is 14.7. The summed E-state index contributed by atoms with van der Waals surface area (Å²) in [5.74, 6) is -4.48. The Kier molecular flexibility index (Phi) is 11.0. The minimum absolute atomic E-state index is 0.0958. The van der Waals surface area contributed by atoms with E-state index in [1.807, 2.05) is 71.5 Å². The average Bonchev–Trinajstić information content (AvgIpc) is 4.06. The molecule has 17 heteroatoms. The number of hydrogen-bond acceptors (Lipinski definition) is 9. The predicted octanol–water partition coefficient (Wildman–Crippen LogP) is 4.84. The molecule has 14 nitrogen and oxygen atoms in total. The van der Waals surface area contributed by atoms with Crippen LogP contribution in [0.15, 0.2) is 60.7 Å². The SMILES string of the molecule is CC(C)(C)[C@@H]1NC(=O)OCCCC/C=C/c2cccc(c2)-c2nn(nc2-c2ccccc2)C2C[C@@H](C(=O)N[C@@]3(C(=O)NS(=O)(=O)C4CC4)C[C@H]3C(F)F)N(C2)C1=O. The first kappa shape index (κ1) is 40.0. The molecule has 0 radical (unpaired) electrons. The first-order chi connectivity index (χ1) is 27.1.